The molecule has 0 fully saturated rings. The monoisotopic (exact) mass is 292 g/mol. The largest absolute Gasteiger partial charge is 0.389 e. The summed E-state index contributed by atoms with van der Waals surface area (Å²) in [5.41, 5.74) is 7.50. The minimum Gasteiger partial charge on any atom is -0.389 e. The van der Waals surface area contributed by atoms with Crippen molar-refractivity contribution in [1.82, 2.24) is 9.36 Å². The summed E-state index contributed by atoms with van der Waals surface area (Å²) in [6.07, 6.45) is 1.98. The Labute approximate surface area is 122 Å². The number of hydrogen-bond donors (Lipinski definition) is 1. The smallest absolute Gasteiger partial charge is 0.209 e. The molecule has 0 aliphatic carbocycles. The summed E-state index contributed by atoms with van der Waals surface area (Å²) in [7, 11) is 1.98. The highest BCUT2D eigenvalue weighted by Crippen LogP contribution is 2.25. The van der Waals surface area contributed by atoms with Crippen molar-refractivity contribution in [1.29, 1.82) is 0 Å². The van der Waals surface area contributed by atoms with Crippen LogP contribution in [0, 0.1) is 0 Å². The number of aromatic nitrogens is 2. The van der Waals surface area contributed by atoms with E-state index >= 15 is 0 Å². The fourth-order valence-corrected chi connectivity index (χ4v) is 2.50. The van der Waals surface area contributed by atoms with Crippen molar-refractivity contribution in [3.05, 3.63) is 35.7 Å². The molecule has 4 nitrogen and oxygen atoms in total. The molecule has 0 saturated heterocycles. The maximum Gasteiger partial charge on any atom is 0.209 e. The van der Waals surface area contributed by atoms with Crippen LogP contribution in [-0.4, -0.2) is 21.4 Å². The molecule has 0 aliphatic rings. The summed E-state index contributed by atoms with van der Waals surface area (Å²) in [6.45, 7) is 2.12. The molecule has 2 N–H and O–H groups in total. The Morgan fingerprint density at radius 3 is 2.63 bits per heavy atom. The van der Waals surface area contributed by atoms with Crippen LogP contribution in [0.25, 0.3) is 0 Å². The van der Waals surface area contributed by atoms with E-state index < -0.39 is 0 Å². The lowest BCUT2D eigenvalue weighted by atomic mass is 10.2. The predicted octanol–water partition coefficient (Wildman–Crippen LogP) is 2.89. The number of nitrogens with two attached hydrogens (primary N) is 1. The van der Waals surface area contributed by atoms with E-state index in [1.54, 1.807) is 0 Å². The molecule has 1 aromatic carbocycles. The molecule has 0 unspecified atom stereocenters. The molecule has 0 bridgehead atoms. The summed E-state index contributed by atoms with van der Waals surface area (Å²) in [5.74, 6) is 0.911. The molecule has 1 heterocycles. The van der Waals surface area contributed by atoms with Gasteiger partial charge >= 0.3 is 0 Å². The van der Waals surface area contributed by atoms with Gasteiger partial charge in [-0.25, -0.2) is 4.98 Å². The molecule has 100 valence electrons. The summed E-state index contributed by atoms with van der Waals surface area (Å²) in [5, 5.41) is 0.895. The van der Waals surface area contributed by atoms with Crippen LogP contribution in [0.5, 0.6) is 0 Å². The maximum atomic E-state index is 5.59. The van der Waals surface area contributed by atoms with E-state index in [-0.39, 0.29) is 0 Å². The first-order valence-electron chi connectivity index (χ1n) is 6.08. The normalized spacial score (nSPS) is 10.4. The zero-order chi connectivity index (χ0) is 13.8. The van der Waals surface area contributed by atoms with Crippen LogP contribution in [0.1, 0.15) is 24.7 Å². The van der Waals surface area contributed by atoms with Crippen molar-refractivity contribution in [2.24, 2.45) is 5.73 Å². The van der Waals surface area contributed by atoms with Crippen LogP contribution >= 0.6 is 23.8 Å². The van der Waals surface area contributed by atoms with Crippen molar-refractivity contribution >= 4 is 39.6 Å². The topological polar surface area (TPSA) is 55.0 Å². The Balaban J connectivity index is 2.17. The minimum absolute atomic E-state index is 0.412. The summed E-state index contributed by atoms with van der Waals surface area (Å²) >= 11 is 6.36. The third-order valence-electron chi connectivity index (χ3n) is 2.76. The summed E-state index contributed by atoms with van der Waals surface area (Å²) in [6, 6.07) is 7.80. The van der Waals surface area contributed by atoms with Gasteiger partial charge in [-0.1, -0.05) is 19.1 Å². The van der Waals surface area contributed by atoms with E-state index in [4.69, 9.17) is 18.0 Å². The first kappa shape index (κ1) is 13.9. The van der Waals surface area contributed by atoms with Crippen LogP contribution in [-0.2, 0) is 6.42 Å². The van der Waals surface area contributed by atoms with Crippen LogP contribution in [0.4, 0.5) is 10.8 Å². The Kier molecular flexibility index (Phi) is 4.44. The number of benzene rings is 1. The Morgan fingerprint density at radius 2 is 2.05 bits per heavy atom. The van der Waals surface area contributed by atoms with Gasteiger partial charge in [0.15, 0.2) is 0 Å². The zero-order valence-electron chi connectivity index (χ0n) is 11.0. The molecule has 0 saturated carbocycles. The Hall–Kier alpha value is -1.53. The number of aryl methyl sites for hydroxylation is 1. The van der Waals surface area contributed by atoms with Crippen molar-refractivity contribution in [2.45, 2.75) is 19.8 Å². The van der Waals surface area contributed by atoms with E-state index in [2.05, 4.69) is 16.3 Å². The predicted molar refractivity (Wildman–Crippen MR) is 84.3 cm³/mol. The molecule has 0 amide bonds. The average molecular weight is 292 g/mol. The molecule has 19 heavy (non-hydrogen) atoms. The molecular formula is C13H16N4S2. The van der Waals surface area contributed by atoms with Gasteiger partial charge in [-0.15, -0.1) is 0 Å². The van der Waals surface area contributed by atoms with E-state index in [1.165, 1.54) is 11.5 Å². The average Bonchev–Trinajstić information content (AvgIpc) is 2.87. The standard InChI is InChI=1S/C13H16N4S2/c1-3-4-11-15-13(19-16-11)17(2)10-7-5-9(6-8-10)12(14)18/h5-8H,3-4H2,1-2H3,(H2,14,18). The summed E-state index contributed by atoms with van der Waals surface area (Å²) < 4.78 is 4.35. The zero-order valence-corrected chi connectivity index (χ0v) is 12.6. The molecule has 0 aliphatic heterocycles. The maximum absolute atomic E-state index is 5.59. The van der Waals surface area contributed by atoms with Gasteiger partial charge in [-0.2, -0.15) is 4.37 Å². The number of anilines is 2. The highest BCUT2D eigenvalue weighted by atomic mass is 32.1. The van der Waals surface area contributed by atoms with E-state index in [0.29, 0.717) is 4.99 Å². The highest BCUT2D eigenvalue weighted by molar-refractivity contribution is 7.80. The van der Waals surface area contributed by atoms with Crippen molar-refractivity contribution < 1.29 is 0 Å². The quantitative estimate of drug-likeness (QED) is 0.859. The first-order valence-corrected chi connectivity index (χ1v) is 7.26. The van der Waals surface area contributed by atoms with Gasteiger partial charge in [0, 0.05) is 36.3 Å². The van der Waals surface area contributed by atoms with Gasteiger partial charge in [0.25, 0.3) is 0 Å². The fraction of sp³-hybridized carbons (Fsp3) is 0.308. The Bertz CT molecular complexity index is 562. The lowest BCUT2D eigenvalue weighted by molar-refractivity contribution is 0.859. The highest BCUT2D eigenvalue weighted by Gasteiger charge is 2.10. The van der Waals surface area contributed by atoms with E-state index in [9.17, 15) is 0 Å². The van der Waals surface area contributed by atoms with Gasteiger partial charge < -0.3 is 10.6 Å². The minimum atomic E-state index is 0.412. The van der Waals surface area contributed by atoms with E-state index in [1.807, 2.05) is 36.2 Å². The molecule has 0 atom stereocenters. The molecule has 1 aromatic heterocycles. The van der Waals surface area contributed by atoms with Crippen LogP contribution in [0.2, 0.25) is 0 Å². The molecule has 0 spiro atoms. The summed E-state index contributed by atoms with van der Waals surface area (Å²) in [4.78, 5) is 6.94. The van der Waals surface area contributed by atoms with Gasteiger partial charge in [-0.05, 0) is 30.7 Å². The molecule has 2 rings (SSSR count). The van der Waals surface area contributed by atoms with Gasteiger partial charge in [0.2, 0.25) is 5.13 Å². The van der Waals surface area contributed by atoms with Crippen LogP contribution < -0.4 is 10.6 Å². The second kappa shape index (κ2) is 6.08. The fourth-order valence-electron chi connectivity index (χ4n) is 1.67. The number of rotatable bonds is 5. The lowest BCUT2D eigenvalue weighted by Gasteiger charge is -2.15. The third-order valence-corrected chi connectivity index (χ3v) is 3.82. The van der Waals surface area contributed by atoms with Crippen molar-refractivity contribution in [2.75, 3.05) is 11.9 Å². The first-order chi connectivity index (χ1) is 9.11. The Morgan fingerprint density at radius 1 is 1.37 bits per heavy atom. The van der Waals surface area contributed by atoms with E-state index in [0.717, 1.165) is 35.0 Å². The number of hydrogen-bond acceptors (Lipinski definition) is 5. The number of thiocarbonyl (C=S) groups is 1. The van der Waals surface area contributed by atoms with Gasteiger partial charge in [0.1, 0.15) is 10.8 Å². The second-order valence-electron chi connectivity index (χ2n) is 4.21. The van der Waals surface area contributed by atoms with Crippen LogP contribution in [0.15, 0.2) is 24.3 Å². The van der Waals surface area contributed by atoms with Gasteiger partial charge in [-0.3, -0.25) is 0 Å². The lowest BCUT2D eigenvalue weighted by Crippen LogP contribution is -2.11. The van der Waals surface area contributed by atoms with Gasteiger partial charge in [0.05, 0.1) is 0 Å². The number of nitrogens with zero attached hydrogens (tertiary/aromatic N) is 3. The molecule has 2 aromatic rings. The molecule has 0 radical (unpaired) electrons. The third kappa shape index (κ3) is 3.27. The van der Waals surface area contributed by atoms with Crippen molar-refractivity contribution in [3.8, 4) is 0 Å². The SMILES string of the molecule is CCCc1nsc(N(C)c2ccc(C(N)=S)cc2)n1. The molecular weight excluding hydrogens is 276 g/mol. The second-order valence-corrected chi connectivity index (χ2v) is 5.38. The molecule has 6 heteroatoms. The van der Waals surface area contributed by atoms with Crippen LogP contribution in [0.3, 0.4) is 0 Å². The van der Waals surface area contributed by atoms with Crippen molar-refractivity contribution in [3.63, 3.8) is 0 Å².